The van der Waals surface area contributed by atoms with Crippen LogP contribution in [0.25, 0.3) is 0 Å². The molecule has 1 amide bonds. The van der Waals surface area contributed by atoms with Crippen LogP contribution < -0.4 is 10.0 Å². The summed E-state index contributed by atoms with van der Waals surface area (Å²) in [7, 11) is -3.45. The van der Waals surface area contributed by atoms with Gasteiger partial charge in [0, 0.05) is 23.7 Å². The van der Waals surface area contributed by atoms with Crippen molar-refractivity contribution >= 4 is 33.2 Å². The highest BCUT2D eigenvalue weighted by molar-refractivity contribution is 7.89. The van der Waals surface area contributed by atoms with Crippen molar-refractivity contribution in [1.82, 2.24) is 4.72 Å². The first-order chi connectivity index (χ1) is 11.9. The van der Waals surface area contributed by atoms with Crippen LogP contribution in [0.1, 0.15) is 25.3 Å². The fraction of sp³-hybridized carbons (Fsp3) is 0.278. The average Bonchev–Trinajstić information content (AvgIpc) is 2.60. The summed E-state index contributed by atoms with van der Waals surface area (Å²) >= 11 is 5.80. The lowest BCUT2D eigenvalue weighted by atomic mass is 10.1. The molecule has 0 aliphatic rings. The van der Waals surface area contributed by atoms with Crippen molar-refractivity contribution < 1.29 is 13.2 Å². The maximum atomic E-state index is 12.0. The molecule has 0 aliphatic carbocycles. The zero-order valence-corrected chi connectivity index (χ0v) is 15.5. The summed E-state index contributed by atoms with van der Waals surface area (Å²) in [4.78, 5) is 12.2. The molecule has 0 heterocycles. The molecule has 0 fully saturated rings. The molecule has 0 aromatic heterocycles. The lowest BCUT2D eigenvalue weighted by Crippen LogP contribution is -2.24. The molecule has 25 heavy (non-hydrogen) atoms. The third-order valence-electron chi connectivity index (χ3n) is 3.54. The zero-order chi connectivity index (χ0) is 18.3. The Bertz CT molecular complexity index is 803. The molecule has 0 radical (unpaired) electrons. The summed E-state index contributed by atoms with van der Waals surface area (Å²) in [5, 5.41) is 3.41. The molecule has 2 aromatic carbocycles. The number of nitrogens with one attached hydrogen (secondary N) is 2. The van der Waals surface area contributed by atoms with Crippen molar-refractivity contribution in [3.63, 3.8) is 0 Å². The summed E-state index contributed by atoms with van der Waals surface area (Å²) in [5.41, 5.74) is 1.60. The quantitative estimate of drug-likeness (QED) is 0.734. The van der Waals surface area contributed by atoms with Crippen LogP contribution in [0.5, 0.6) is 0 Å². The average molecular weight is 381 g/mol. The standard InChI is InChI=1S/C18H21ClN2O3S/c1-2-13-20-25(23,24)17-10-3-14(4-11-17)5-12-18(22)21-16-8-6-15(19)7-9-16/h3-4,6-11,20H,2,5,12-13H2,1H3,(H,21,22). The van der Waals surface area contributed by atoms with Gasteiger partial charge in [-0.05, 0) is 54.8 Å². The van der Waals surface area contributed by atoms with E-state index in [1.807, 2.05) is 6.92 Å². The molecule has 0 bridgehead atoms. The van der Waals surface area contributed by atoms with E-state index in [0.29, 0.717) is 30.1 Å². The van der Waals surface area contributed by atoms with E-state index in [-0.39, 0.29) is 10.8 Å². The van der Waals surface area contributed by atoms with Gasteiger partial charge in [-0.25, -0.2) is 13.1 Å². The van der Waals surface area contributed by atoms with Crippen molar-refractivity contribution in [2.45, 2.75) is 31.1 Å². The van der Waals surface area contributed by atoms with Gasteiger partial charge in [-0.2, -0.15) is 0 Å². The number of benzene rings is 2. The van der Waals surface area contributed by atoms with Gasteiger partial charge in [0.15, 0.2) is 0 Å². The van der Waals surface area contributed by atoms with Crippen LogP contribution >= 0.6 is 11.6 Å². The Kier molecular flexibility index (Phi) is 6.99. The van der Waals surface area contributed by atoms with E-state index in [1.165, 1.54) is 0 Å². The van der Waals surface area contributed by atoms with E-state index in [9.17, 15) is 13.2 Å². The molecule has 0 saturated heterocycles. The first-order valence-electron chi connectivity index (χ1n) is 8.05. The smallest absolute Gasteiger partial charge is 0.240 e. The summed E-state index contributed by atoms with van der Waals surface area (Å²) in [6, 6.07) is 13.5. The minimum atomic E-state index is -3.45. The molecule has 134 valence electrons. The van der Waals surface area contributed by atoms with E-state index >= 15 is 0 Å². The van der Waals surface area contributed by atoms with Crippen LogP contribution in [-0.4, -0.2) is 20.9 Å². The normalized spacial score (nSPS) is 11.3. The number of rotatable bonds is 8. The largest absolute Gasteiger partial charge is 0.326 e. The second-order valence-corrected chi connectivity index (χ2v) is 7.80. The van der Waals surface area contributed by atoms with Gasteiger partial charge in [-0.3, -0.25) is 4.79 Å². The molecule has 0 aliphatic heterocycles. The van der Waals surface area contributed by atoms with Gasteiger partial charge in [0.25, 0.3) is 0 Å². The minimum Gasteiger partial charge on any atom is -0.326 e. The minimum absolute atomic E-state index is 0.108. The van der Waals surface area contributed by atoms with Crippen LogP contribution in [0.2, 0.25) is 5.02 Å². The topological polar surface area (TPSA) is 75.3 Å². The molecule has 0 spiro atoms. The first-order valence-corrected chi connectivity index (χ1v) is 9.91. The lowest BCUT2D eigenvalue weighted by molar-refractivity contribution is -0.116. The lowest BCUT2D eigenvalue weighted by Gasteiger charge is -2.08. The Labute approximate surface area is 153 Å². The first kappa shape index (κ1) is 19.4. The van der Waals surface area contributed by atoms with Gasteiger partial charge in [0.05, 0.1) is 4.90 Å². The van der Waals surface area contributed by atoms with Crippen molar-refractivity contribution in [1.29, 1.82) is 0 Å². The van der Waals surface area contributed by atoms with E-state index in [4.69, 9.17) is 11.6 Å². The predicted molar refractivity (Wildman–Crippen MR) is 100 cm³/mol. The van der Waals surface area contributed by atoms with Gasteiger partial charge in [0.2, 0.25) is 15.9 Å². The third kappa shape index (κ3) is 6.16. The Balaban J connectivity index is 1.88. The van der Waals surface area contributed by atoms with Crippen LogP contribution in [0.3, 0.4) is 0 Å². The summed E-state index contributed by atoms with van der Waals surface area (Å²) in [6.07, 6.45) is 1.57. The summed E-state index contributed by atoms with van der Waals surface area (Å²) in [5.74, 6) is -0.108. The van der Waals surface area contributed by atoms with Crippen LogP contribution in [0.4, 0.5) is 5.69 Å². The fourth-order valence-electron chi connectivity index (χ4n) is 2.17. The van der Waals surface area contributed by atoms with Gasteiger partial charge in [-0.1, -0.05) is 30.7 Å². The molecule has 0 unspecified atom stereocenters. The van der Waals surface area contributed by atoms with Crippen LogP contribution in [0, 0.1) is 0 Å². The molecule has 5 nitrogen and oxygen atoms in total. The van der Waals surface area contributed by atoms with Gasteiger partial charge in [0.1, 0.15) is 0 Å². The van der Waals surface area contributed by atoms with Gasteiger partial charge < -0.3 is 5.32 Å². The molecule has 2 aromatic rings. The molecule has 2 N–H and O–H groups in total. The zero-order valence-electron chi connectivity index (χ0n) is 14.0. The molecule has 7 heteroatoms. The Morgan fingerprint density at radius 2 is 1.68 bits per heavy atom. The van der Waals surface area contributed by atoms with Crippen molar-refractivity contribution in [3.05, 3.63) is 59.1 Å². The van der Waals surface area contributed by atoms with Crippen molar-refractivity contribution in [3.8, 4) is 0 Å². The number of hydrogen-bond donors (Lipinski definition) is 2. The van der Waals surface area contributed by atoms with E-state index < -0.39 is 10.0 Å². The number of anilines is 1. The van der Waals surface area contributed by atoms with Crippen molar-refractivity contribution in [2.75, 3.05) is 11.9 Å². The Hall–Kier alpha value is -1.89. The number of carbonyl (C=O) groups excluding carboxylic acids is 1. The van der Waals surface area contributed by atoms with E-state index in [1.54, 1.807) is 48.5 Å². The molecular formula is C18H21ClN2O3S. The number of aryl methyl sites for hydroxylation is 1. The molecular weight excluding hydrogens is 360 g/mol. The molecule has 0 atom stereocenters. The highest BCUT2D eigenvalue weighted by Gasteiger charge is 2.12. The number of sulfonamides is 1. The molecule has 0 saturated carbocycles. The monoisotopic (exact) mass is 380 g/mol. The number of carbonyl (C=O) groups is 1. The number of hydrogen-bond acceptors (Lipinski definition) is 3. The Morgan fingerprint density at radius 1 is 1.04 bits per heavy atom. The Morgan fingerprint density at radius 3 is 2.28 bits per heavy atom. The highest BCUT2D eigenvalue weighted by atomic mass is 35.5. The van der Waals surface area contributed by atoms with Gasteiger partial charge >= 0.3 is 0 Å². The highest BCUT2D eigenvalue weighted by Crippen LogP contribution is 2.15. The number of amides is 1. The third-order valence-corrected chi connectivity index (χ3v) is 5.27. The second-order valence-electron chi connectivity index (χ2n) is 5.60. The SMILES string of the molecule is CCCNS(=O)(=O)c1ccc(CCC(=O)Nc2ccc(Cl)cc2)cc1. The molecule has 2 rings (SSSR count). The second kappa shape index (κ2) is 8.99. The maximum absolute atomic E-state index is 12.0. The van der Waals surface area contributed by atoms with Gasteiger partial charge in [-0.15, -0.1) is 0 Å². The van der Waals surface area contributed by atoms with Crippen LogP contribution in [0.15, 0.2) is 53.4 Å². The summed E-state index contributed by atoms with van der Waals surface area (Å²) in [6.45, 7) is 2.32. The maximum Gasteiger partial charge on any atom is 0.240 e. The number of halogens is 1. The van der Waals surface area contributed by atoms with Crippen LogP contribution in [-0.2, 0) is 21.2 Å². The van der Waals surface area contributed by atoms with E-state index in [0.717, 1.165) is 12.0 Å². The fourth-order valence-corrected chi connectivity index (χ4v) is 3.43. The van der Waals surface area contributed by atoms with Crippen molar-refractivity contribution in [2.24, 2.45) is 0 Å². The summed E-state index contributed by atoms with van der Waals surface area (Å²) < 4.78 is 26.5. The predicted octanol–water partition coefficient (Wildman–Crippen LogP) is 3.60. The van der Waals surface area contributed by atoms with E-state index in [2.05, 4.69) is 10.0 Å².